The van der Waals surface area contributed by atoms with Gasteiger partial charge >= 0.3 is 0 Å². The van der Waals surface area contributed by atoms with Crippen molar-refractivity contribution < 1.29 is 22.3 Å². The van der Waals surface area contributed by atoms with E-state index in [1.807, 2.05) is 0 Å². The third-order valence-corrected chi connectivity index (χ3v) is 10.9. The number of halogens is 4. The lowest BCUT2D eigenvalue weighted by Crippen LogP contribution is -2.47. The Morgan fingerprint density at radius 2 is 1.02 bits per heavy atom. The molecule has 0 heterocycles. The molecule has 0 aliphatic heterocycles. The first kappa shape index (κ1) is 32.6. The number of allylic oxidation sites excluding steroid dienone is 4. The maximum atomic E-state index is 16.5. The minimum atomic E-state index is -2.05. The highest BCUT2D eigenvalue weighted by Gasteiger charge is 2.55. The Labute approximate surface area is 247 Å². The van der Waals surface area contributed by atoms with Gasteiger partial charge in [0.1, 0.15) is 11.7 Å². The molecule has 0 spiro atoms. The van der Waals surface area contributed by atoms with Crippen molar-refractivity contribution in [3.63, 3.8) is 0 Å². The summed E-state index contributed by atoms with van der Waals surface area (Å²) in [4.78, 5) is 0. The molecule has 4 aliphatic carbocycles. The fraction of sp³-hybridized carbons (Fsp3) is 0.778. The Morgan fingerprint density at radius 3 is 1.37 bits per heavy atom. The summed E-state index contributed by atoms with van der Waals surface area (Å²) < 4.78 is 69.8. The zero-order chi connectivity index (χ0) is 29.4. The van der Waals surface area contributed by atoms with Crippen molar-refractivity contribution in [2.24, 2.45) is 22.7 Å². The van der Waals surface area contributed by atoms with Gasteiger partial charge in [0.25, 0.3) is 0 Å². The normalized spacial score (nSPS) is 32.9. The highest BCUT2D eigenvalue weighted by atomic mass is 19.2. The fourth-order valence-corrected chi connectivity index (χ4v) is 8.28. The van der Waals surface area contributed by atoms with Gasteiger partial charge in [0.15, 0.2) is 11.3 Å². The van der Waals surface area contributed by atoms with Gasteiger partial charge in [-0.3, -0.25) is 0 Å². The van der Waals surface area contributed by atoms with Gasteiger partial charge in [-0.05, 0) is 62.8 Å². The van der Waals surface area contributed by atoms with Gasteiger partial charge in [0, 0.05) is 22.7 Å². The van der Waals surface area contributed by atoms with Crippen molar-refractivity contribution in [1.29, 1.82) is 0 Å². The molecule has 4 rings (SSSR count). The van der Waals surface area contributed by atoms with E-state index >= 15 is 17.6 Å². The standard InChI is InChI=1S/C36H54F4O/c1-3-5-9-17-33(19-11-7-12-20-33)35(39)23-15-29(25-31(35)37)27-41-28-30-16-24-36(40,32(38)26-30)34(18-10-6-4-2)21-13-8-14-22-34/h15-16,23-26,29-30H,3-14,17-22,27-28H2,1-2H3/t29-,30-,35-,36-/m1/s1. The molecule has 232 valence electrons. The molecule has 0 aromatic rings. The van der Waals surface area contributed by atoms with Crippen LogP contribution in [0.2, 0.25) is 0 Å². The maximum Gasteiger partial charge on any atom is 0.185 e. The lowest BCUT2D eigenvalue weighted by Gasteiger charge is -2.47. The van der Waals surface area contributed by atoms with E-state index in [1.165, 1.54) is 24.3 Å². The van der Waals surface area contributed by atoms with Crippen LogP contribution in [-0.2, 0) is 4.74 Å². The quantitative estimate of drug-likeness (QED) is 0.113. The molecule has 4 aliphatic rings. The number of ether oxygens (including phenoxy) is 1. The van der Waals surface area contributed by atoms with Crippen LogP contribution in [0, 0.1) is 22.7 Å². The Kier molecular flexibility index (Phi) is 11.4. The van der Waals surface area contributed by atoms with Gasteiger partial charge < -0.3 is 4.74 Å². The van der Waals surface area contributed by atoms with Crippen LogP contribution in [-0.4, -0.2) is 24.6 Å². The smallest absolute Gasteiger partial charge is 0.185 e. The average Bonchev–Trinajstić information content (AvgIpc) is 2.98. The molecule has 4 atom stereocenters. The Balaban J connectivity index is 1.35. The summed E-state index contributed by atoms with van der Waals surface area (Å²) in [5.41, 5.74) is -5.42. The van der Waals surface area contributed by atoms with E-state index in [9.17, 15) is 0 Å². The lowest BCUT2D eigenvalue weighted by atomic mass is 9.60. The molecule has 0 aromatic carbocycles. The predicted molar refractivity (Wildman–Crippen MR) is 161 cm³/mol. The van der Waals surface area contributed by atoms with E-state index in [1.54, 1.807) is 12.2 Å². The summed E-state index contributed by atoms with van der Waals surface area (Å²) in [5, 5.41) is 0. The first-order chi connectivity index (χ1) is 19.7. The summed E-state index contributed by atoms with van der Waals surface area (Å²) in [6.45, 7) is 4.63. The largest absolute Gasteiger partial charge is 0.380 e. The minimum Gasteiger partial charge on any atom is -0.380 e. The predicted octanol–water partition coefficient (Wildman–Crippen LogP) is 11.6. The Morgan fingerprint density at radius 1 is 0.634 bits per heavy atom. The Hall–Kier alpha value is -1.36. The molecular weight excluding hydrogens is 524 g/mol. The van der Waals surface area contributed by atoms with E-state index < -0.39 is 33.8 Å². The van der Waals surface area contributed by atoms with Crippen LogP contribution in [0.25, 0.3) is 0 Å². The van der Waals surface area contributed by atoms with Crippen molar-refractivity contribution >= 4 is 0 Å². The van der Waals surface area contributed by atoms with Crippen LogP contribution in [0.4, 0.5) is 17.6 Å². The second-order valence-corrected chi connectivity index (χ2v) is 13.6. The van der Waals surface area contributed by atoms with Crippen molar-refractivity contribution in [3.8, 4) is 0 Å². The van der Waals surface area contributed by atoms with Crippen molar-refractivity contribution in [2.75, 3.05) is 13.2 Å². The highest BCUT2D eigenvalue weighted by molar-refractivity contribution is 5.34. The molecule has 2 fully saturated rings. The van der Waals surface area contributed by atoms with Crippen molar-refractivity contribution in [2.45, 2.75) is 141 Å². The molecule has 0 saturated heterocycles. The molecule has 5 heteroatoms. The maximum absolute atomic E-state index is 16.5. The third-order valence-electron chi connectivity index (χ3n) is 10.9. The SMILES string of the molecule is CCCCCC1([C@@]2(F)C=C[C@@H](COC[C@@H]3C=C[C@](F)(C4(CCCCC)CCCCC4)C(F)=C3)C=C2F)CCCCC1. The van der Waals surface area contributed by atoms with Crippen molar-refractivity contribution in [1.82, 2.24) is 0 Å². The zero-order valence-corrected chi connectivity index (χ0v) is 25.7. The third kappa shape index (κ3) is 6.91. The van der Waals surface area contributed by atoms with E-state index in [2.05, 4.69) is 13.8 Å². The van der Waals surface area contributed by atoms with Gasteiger partial charge in [-0.15, -0.1) is 0 Å². The monoisotopic (exact) mass is 578 g/mol. The Bertz CT molecular complexity index is 879. The lowest BCUT2D eigenvalue weighted by molar-refractivity contribution is -0.00329. The second-order valence-electron chi connectivity index (χ2n) is 13.6. The van der Waals surface area contributed by atoms with Crippen LogP contribution >= 0.6 is 0 Å². The van der Waals surface area contributed by atoms with Gasteiger partial charge in [0.05, 0.1) is 13.2 Å². The molecule has 0 bridgehead atoms. The molecular formula is C36H54F4O. The molecule has 41 heavy (non-hydrogen) atoms. The van der Waals surface area contributed by atoms with E-state index in [-0.39, 0.29) is 25.0 Å². The number of hydrogen-bond donors (Lipinski definition) is 0. The number of alkyl halides is 2. The topological polar surface area (TPSA) is 9.23 Å². The van der Waals surface area contributed by atoms with Crippen LogP contribution in [0.5, 0.6) is 0 Å². The summed E-state index contributed by atoms with van der Waals surface area (Å²) in [7, 11) is 0. The number of rotatable bonds is 14. The second kappa shape index (κ2) is 14.4. The zero-order valence-electron chi connectivity index (χ0n) is 25.7. The van der Waals surface area contributed by atoms with Gasteiger partial charge in [0.2, 0.25) is 0 Å². The van der Waals surface area contributed by atoms with Crippen LogP contribution in [0.3, 0.4) is 0 Å². The molecule has 0 unspecified atom stereocenters. The minimum absolute atomic E-state index is 0.185. The highest BCUT2D eigenvalue weighted by Crippen LogP contribution is 2.57. The first-order valence-corrected chi connectivity index (χ1v) is 16.8. The van der Waals surface area contributed by atoms with Gasteiger partial charge in [-0.25, -0.2) is 17.6 Å². The summed E-state index contributed by atoms with van der Waals surface area (Å²) in [6.07, 6.45) is 25.6. The average molecular weight is 579 g/mol. The van der Waals surface area contributed by atoms with Crippen LogP contribution in [0.15, 0.2) is 48.1 Å². The van der Waals surface area contributed by atoms with Crippen LogP contribution in [0.1, 0.15) is 129 Å². The molecule has 0 N–H and O–H groups in total. The molecule has 2 saturated carbocycles. The molecule has 0 radical (unpaired) electrons. The van der Waals surface area contributed by atoms with E-state index in [4.69, 9.17) is 4.74 Å². The summed E-state index contributed by atoms with van der Waals surface area (Å²) >= 11 is 0. The number of unbranched alkanes of at least 4 members (excludes halogenated alkanes) is 4. The summed E-state index contributed by atoms with van der Waals surface area (Å²) in [6, 6.07) is 0. The van der Waals surface area contributed by atoms with Crippen molar-refractivity contribution in [3.05, 3.63) is 48.1 Å². The summed E-state index contributed by atoms with van der Waals surface area (Å²) in [5.74, 6) is -2.11. The molecule has 0 aromatic heterocycles. The first-order valence-electron chi connectivity index (χ1n) is 16.8. The molecule has 1 nitrogen and oxygen atoms in total. The van der Waals surface area contributed by atoms with Gasteiger partial charge in [-0.2, -0.15) is 0 Å². The number of hydrogen-bond acceptors (Lipinski definition) is 1. The molecule has 0 amide bonds. The van der Waals surface area contributed by atoms with E-state index in [0.717, 1.165) is 103 Å². The van der Waals surface area contributed by atoms with Gasteiger partial charge in [-0.1, -0.05) is 103 Å². The van der Waals surface area contributed by atoms with Crippen LogP contribution < -0.4 is 0 Å². The fourth-order valence-electron chi connectivity index (χ4n) is 8.28. The van der Waals surface area contributed by atoms with E-state index in [0.29, 0.717) is 12.8 Å².